The fourth-order valence-corrected chi connectivity index (χ4v) is 2.91. The average Bonchev–Trinajstić information content (AvgIpc) is 2.32. The summed E-state index contributed by atoms with van der Waals surface area (Å²) in [5.41, 5.74) is 2.26. The van der Waals surface area contributed by atoms with Crippen molar-refractivity contribution in [2.75, 3.05) is 5.32 Å². The van der Waals surface area contributed by atoms with Gasteiger partial charge in [-0.05, 0) is 58.7 Å². The van der Waals surface area contributed by atoms with Crippen LogP contribution in [-0.2, 0) is 0 Å². The van der Waals surface area contributed by atoms with Crippen molar-refractivity contribution in [1.82, 2.24) is 0 Å². The third-order valence-corrected chi connectivity index (χ3v) is 4.04. The maximum atomic E-state index is 5.93. The summed E-state index contributed by atoms with van der Waals surface area (Å²) < 4.78 is 2.06. The van der Waals surface area contributed by atoms with E-state index in [0.29, 0.717) is 0 Å². The predicted molar refractivity (Wildman–Crippen MR) is 85.3 cm³/mol. The number of hydrogen-bond donors (Lipinski definition) is 1. The van der Waals surface area contributed by atoms with Gasteiger partial charge in [-0.25, -0.2) is 0 Å². The molecule has 1 atom stereocenters. The van der Waals surface area contributed by atoms with Crippen LogP contribution >= 0.6 is 43.5 Å². The Kier molecular flexibility index (Phi) is 4.71. The normalized spacial score (nSPS) is 12.2. The van der Waals surface area contributed by atoms with Crippen LogP contribution in [0.2, 0.25) is 5.02 Å². The Morgan fingerprint density at radius 3 is 2.56 bits per heavy atom. The van der Waals surface area contributed by atoms with Gasteiger partial charge in [0, 0.05) is 25.7 Å². The van der Waals surface area contributed by atoms with Crippen molar-refractivity contribution < 1.29 is 0 Å². The Morgan fingerprint density at radius 2 is 1.89 bits per heavy atom. The highest BCUT2D eigenvalue weighted by Gasteiger charge is 2.08. The Hall–Kier alpha value is -0.510. The molecule has 0 aromatic heterocycles. The van der Waals surface area contributed by atoms with Crippen LogP contribution in [0.5, 0.6) is 0 Å². The molecule has 18 heavy (non-hydrogen) atoms. The minimum absolute atomic E-state index is 0.222. The summed E-state index contributed by atoms with van der Waals surface area (Å²) in [5.74, 6) is 0. The van der Waals surface area contributed by atoms with Crippen LogP contribution in [0.25, 0.3) is 0 Å². The molecule has 0 radical (unpaired) electrons. The molecule has 0 heterocycles. The SMILES string of the molecule is CC(Nc1ccc(Cl)cc1Br)c1cccc(Br)c1. The molecule has 1 nitrogen and oxygen atoms in total. The molecule has 1 unspecified atom stereocenters. The molecule has 0 saturated carbocycles. The number of hydrogen-bond acceptors (Lipinski definition) is 1. The van der Waals surface area contributed by atoms with E-state index in [4.69, 9.17) is 11.6 Å². The highest BCUT2D eigenvalue weighted by molar-refractivity contribution is 9.10. The molecule has 0 bridgehead atoms. The number of rotatable bonds is 3. The van der Waals surface area contributed by atoms with E-state index < -0.39 is 0 Å². The van der Waals surface area contributed by atoms with E-state index >= 15 is 0 Å². The van der Waals surface area contributed by atoms with Gasteiger partial charge < -0.3 is 5.32 Å². The minimum Gasteiger partial charge on any atom is -0.378 e. The fraction of sp³-hybridized carbons (Fsp3) is 0.143. The van der Waals surface area contributed by atoms with E-state index in [2.05, 4.69) is 56.2 Å². The van der Waals surface area contributed by atoms with Crippen molar-refractivity contribution in [2.24, 2.45) is 0 Å². The highest BCUT2D eigenvalue weighted by Crippen LogP contribution is 2.29. The van der Waals surface area contributed by atoms with Gasteiger partial charge in [-0.1, -0.05) is 39.7 Å². The molecule has 0 amide bonds. The lowest BCUT2D eigenvalue weighted by Crippen LogP contribution is -2.06. The quantitative estimate of drug-likeness (QED) is 0.675. The Bertz CT molecular complexity index is 557. The summed E-state index contributed by atoms with van der Waals surface area (Å²) >= 11 is 12.9. The lowest BCUT2D eigenvalue weighted by molar-refractivity contribution is 0.882. The van der Waals surface area contributed by atoms with Crippen LogP contribution in [0.3, 0.4) is 0 Å². The van der Waals surface area contributed by atoms with E-state index in [9.17, 15) is 0 Å². The molecule has 2 aromatic carbocycles. The van der Waals surface area contributed by atoms with Gasteiger partial charge in [-0.3, -0.25) is 0 Å². The van der Waals surface area contributed by atoms with E-state index in [1.54, 1.807) is 0 Å². The van der Waals surface area contributed by atoms with Crippen molar-refractivity contribution in [1.29, 1.82) is 0 Å². The second-order valence-corrected chi connectivity index (χ2v) is 6.25. The highest BCUT2D eigenvalue weighted by atomic mass is 79.9. The maximum Gasteiger partial charge on any atom is 0.0490 e. The van der Waals surface area contributed by atoms with E-state index in [1.165, 1.54) is 5.56 Å². The zero-order valence-corrected chi connectivity index (χ0v) is 13.7. The average molecular weight is 390 g/mol. The molecule has 0 aliphatic rings. The summed E-state index contributed by atoms with van der Waals surface area (Å²) in [6, 6.07) is 14.2. The first kappa shape index (κ1) is 13.9. The fourth-order valence-electron chi connectivity index (χ4n) is 1.70. The molecule has 4 heteroatoms. The van der Waals surface area contributed by atoms with Crippen LogP contribution in [0.4, 0.5) is 5.69 Å². The zero-order chi connectivity index (χ0) is 13.1. The van der Waals surface area contributed by atoms with Crippen molar-refractivity contribution >= 4 is 49.1 Å². The molecule has 0 aliphatic carbocycles. The molecule has 0 aliphatic heterocycles. The van der Waals surface area contributed by atoms with E-state index in [1.807, 2.05) is 30.3 Å². The molecular weight excluding hydrogens is 377 g/mol. The van der Waals surface area contributed by atoms with Gasteiger partial charge in [0.1, 0.15) is 0 Å². The van der Waals surface area contributed by atoms with E-state index in [-0.39, 0.29) is 6.04 Å². The first-order valence-corrected chi connectivity index (χ1v) is 7.50. The maximum absolute atomic E-state index is 5.93. The largest absolute Gasteiger partial charge is 0.378 e. The summed E-state index contributed by atoms with van der Waals surface area (Å²) in [6.07, 6.45) is 0. The topological polar surface area (TPSA) is 12.0 Å². The molecule has 0 spiro atoms. The first-order chi connectivity index (χ1) is 8.56. The molecular formula is C14H12Br2ClN. The van der Waals surface area contributed by atoms with Crippen LogP contribution in [0.1, 0.15) is 18.5 Å². The monoisotopic (exact) mass is 387 g/mol. The second-order valence-electron chi connectivity index (χ2n) is 4.05. The van der Waals surface area contributed by atoms with Crippen molar-refractivity contribution in [2.45, 2.75) is 13.0 Å². The molecule has 0 fully saturated rings. The number of nitrogens with one attached hydrogen (secondary N) is 1. The van der Waals surface area contributed by atoms with Crippen LogP contribution in [-0.4, -0.2) is 0 Å². The van der Waals surface area contributed by atoms with Gasteiger partial charge in [-0.2, -0.15) is 0 Å². The Labute approximate surface area is 129 Å². The molecule has 94 valence electrons. The lowest BCUT2D eigenvalue weighted by Gasteiger charge is -2.17. The second kappa shape index (κ2) is 6.09. The smallest absolute Gasteiger partial charge is 0.0490 e. The lowest BCUT2D eigenvalue weighted by atomic mass is 10.1. The molecule has 2 aromatic rings. The Morgan fingerprint density at radius 1 is 1.11 bits per heavy atom. The number of anilines is 1. The number of benzene rings is 2. The van der Waals surface area contributed by atoms with Crippen LogP contribution in [0.15, 0.2) is 51.4 Å². The first-order valence-electron chi connectivity index (χ1n) is 5.53. The third kappa shape index (κ3) is 3.50. The summed E-state index contributed by atoms with van der Waals surface area (Å²) in [4.78, 5) is 0. The van der Waals surface area contributed by atoms with E-state index in [0.717, 1.165) is 19.7 Å². The molecule has 1 N–H and O–H groups in total. The van der Waals surface area contributed by atoms with Gasteiger partial charge in [-0.15, -0.1) is 0 Å². The zero-order valence-electron chi connectivity index (χ0n) is 9.75. The predicted octanol–water partition coefficient (Wildman–Crippen LogP) is 6.04. The summed E-state index contributed by atoms with van der Waals surface area (Å²) in [6.45, 7) is 2.13. The van der Waals surface area contributed by atoms with Gasteiger partial charge in [0.25, 0.3) is 0 Å². The standard InChI is InChI=1S/C14H12Br2ClN/c1-9(10-3-2-4-11(15)7-10)18-14-6-5-12(17)8-13(14)16/h2-9,18H,1H3. The molecule has 2 rings (SSSR count). The summed E-state index contributed by atoms with van der Waals surface area (Å²) in [5, 5.41) is 4.18. The van der Waals surface area contributed by atoms with Gasteiger partial charge >= 0.3 is 0 Å². The molecule has 0 saturated heterocycles. The third-order valence-electron chi connectivity index (χ3n) is 2.65. The van der Waals surface area contributed by atoms with Gasteiger partial charge in [0.15, 0.2) is 0 Å². The Balaban J connectivity index is 2.18. The van der Waals surface area contributed by atoms with Gasteiger partial charge in [0.05, 0.1) is 0 Å². The van der Waals surface area contributed by atoms with Gasteiger partial charge in [0.2, 0.25) is 0 Å². The van der Waals surface area contributed by atoms with Crippen LogP contribution < -0.4 is 5.32 Å². The summed E-state index contributed by atoms with van der Waals surface area (Å²) in [7, 11) is 0. The van der Waals surface area contributed by atoms with Crippen LogP contribution in [0, 0.1) is 0 Å². The minimum atomic E-state index is 0.222. The number of halogens is 3. The van der Waals surface area contributed by atoms with Crippen molar-refractivity contribution in [3.63, 3.8) is 0 Å². The van der Waals surface area contributed by atoms with Crippen molar-refractivity contribution in [3.05, 3.63) is 62.0 Å². The van der Waals surface area contributed by atoms with Crippen molar-refractivity contribution in [3.8, 4) is 0 Å².